The number of hydrogen-bond donors (Lipinski definition) is 1. The molecule has 1 heterocycles. The van der Waals surface area contributed by atoms with Gasteiger partial charge in [-0.25, -0.2) is 0 Å². The van der Waals surface area contributed by atoms with Gasteiger partial charge in [-0.05, 0) is 31.9 Å². The fourth-order valence-electron chi connectivity index (χ4n) is 1.73. The van der Waals surface area contributed by atoms with E-state index in [2.05, 4.69) is 38.2 Å². The highest BCUT2D eigenvalue weighted by Gasteiger charge is 2.05. The highest BCUT2D eigenvalue weighted by molar-refractivity contribution is 7.11. The van der Waals surface area contributed by atoms with Crippen LogP contribution in [0.25, 0.3) is 0 Å². The predicted molar refractivity (Wildman–Crippen MR) is 69.5 cm³/mol. The molecule has 0 fully saturated rings. The van der Waals surface area contributed by atoms with E-state index in [1.807, 2.05) is 11.3 Å². The van der Waals surface area contributed by atoms with E-state index < -0.39 is 0 Å². The van der Waals surface area contributed by atoms with Gasteiger partial charge in [-0.3, -0.25) is 0 Å². The summed E-state index contributed by atoms with van der Waals surface area (Å²) in [6, 6.07) is 5.14. The van der Waals surface area contributed by atoms with E-state index in [0.717, 1.165) is 6.54 Å². The summed E-state index contributed by atoms with van der Waals surface area (Å²) in [5.41, 5.74) is 0. The highest BCUT2D eigenvalue weighted by atomic mass is 32.1. The molecule has 2 heteroatoms. The molecule has 0 aliphatic rings. The van der Waals surface area contributed by atoms with E-state index >= 15 is 0 Å². The SMILES string of the molecule is CCCCC(CC)NCc1ccc(C)s1. The maximum Gasteiger partial charge on any atom is 0.0302 e. The molecule has 0 radical (unpaired) electrons. The van der Waals surface area contributed by atoms with Crippen molar-refractivity contribution in [3.8, 4) is 0 Å². The second kappa shape index (κ2) is 7.02. The molecule has 1 aromatic rings. The molecular weight excluding hydrogens is 202 g/mol. The predicted octanol–water partition coefficient (Wildman–Crippen LogP) is 4.11. The number of thiophene rings is 1. The summed E-state index contributed by atoms with van der Waals surface area (Å²) in [4.78, 5) is 2.87. The molecule has 0 aliphatic carbocycles. The van der Waals surface area contributed by atoms with Crippen LogP contribution in [0.3, 0.4) is 0 Å². The van der Waals surface area contributed by atoms with Crippen LogP contribution in [0.4, 0.5) is 0 Å². The van der Waals surface area contributed by atoms with Crippen LogP contribution in [0.15, 0.2) is 12.1 Å². The quantitative estimate of drug-likeness (QED) is 0.736. The van der Waals surface area contributed by atoms with Crippen molar-refractivity contribution in [3.05, 3.63) is 21.9 Å². The zero-order valence-corrected chi connectivity index (χ0v) is 11.0. The van der Waals surface area contributed by atoms with Crippen molar-refractivity contribution >= 4 is 11.3 Å². The van der Waals surface area contributed by atoms with Crippen LogP contribution in [0.2, 0.25) is 0 Å². The Bertz CT molecular complexity index is 267. The summed E-state index contributed by atoms with van der Waals surface area (Å²) >= 11 is 1.90. The van der Waals surface area contributed by atoms with E-state index in [9.17, 15) is 0 Å². The smallest absolute Gasteiger partial charge is 0.0302 e. The van der Waals surface area contributed by atoms with Crippen molar-refractivity contribution < 1.29 is 0 Å². The van der Waals surface area contributed by atoms with Gasteiger partial charge in [-0.15, -0.1) is 11.3 Å². The van der Waals surface area contributed by atoms with E-state index in [1.165, 1.54) is 35.4 Å². The van der Waals surface area contributed by atoms with Crippen molar-refractivity contribution in [1.82, 2.24) is 5.32 Å². The molecular formula is C13H23NS. The van der Waals surface area contributed by atoms with Crippen molar-refractivity contribution in [2.45, 2.75) is 59.0 Å². The molecule has 0 aromatic carbocycles. The normalized spacial score (nSPS) is 13.0. The zero-order chi connectivity index (χ0) is 11.1. The largest absolute Gasteiger partial charge is 0.309 e. The first-order chi connectivity index (χ1) is 7.26. The Morgan fingerprint density at radius 1 is 1.33 bits per heavy atom. The van der Waals surface area contributed by atoms with Crippen LogP contribution in [0.5, 0.6) is 0 Å². The molecule has 86 valence electrons. The standard InChI is InChI=1S/C13H23NS/c1-4-6-7-12(5-2)14-10-13-9-8-11(3)15-13/h8-9,12,14H,4-7,10H2,1-3H3. The Morgan fingerprint density at radius 2 is 2.13 bits per heavy atom. The van der Waals surface area contributed by atoms with Crippen molar-refractivity contribution in [2.24, 2.45) is 0 Å². The van der Waals surface area contributed by atoms with Crippen LogP contribution >= 0.6 is 11.3 Å². The molecule has 1 N–H and O–H groups in total. The Balaban J connectivity index is 2.27. The first kappa shape index (κ1) is 12.7. The molecule has 0 spiro atoms. The summed E-state index contributed by atoms with van der Waals surface area (Å²) in [7, 11) is 0. The summed E-state index contributed by atoms with van der Waals surface area (Å²) in [5.74, 6) is 0. The van der Waals surface area contributed by atoms with Gasteiger partial charge >= 0.3 is 0 Å². The fourth-order valence-corrected chi connectivity index (χ4v) is 2.57. The van der Waals surface area contributed by atoms with Gasteiger partial charge < -0.3 is 5.32 Å². The number of nitrogens with one attached hydrogen (secondary N) is 1. The van der Waals surface area contributed by atoms with Gasteiger partial charge in [0.05, 0.1) is 0 Å². The minimum absolute atomic E-state index is 0.701. The minimum Gasteiger partial charge on any atom is -0.309 e. The van der Waals surface area contributed by atoms with Gasteiger partial charge in [0.15, 0.2) is 0 Å². The van der Waals surface area contributed by atoms with Crippen LogP contribution < -0.4 is 5.32 Å². The number of aryl methyl sites for hydroxylation is 1. The lowest BCUT2D eigenvalue weighted by atomic mass is 10.1. The molecule has 0 amide bonds. The molecule has 0 saturated heterocycles. The molecule has 0 bridgehead atoms. The molecule has 0 saturated carbocycles. The van der Waals surface area contributed by atoms with Crippen molar-refractivity contribution in [2.75, 3.05) is 0 Å². The Morgan fingerprint density at radius 3 is 2.67 bits per heavy atom. The Hall–Kier alpha value is -0.340. The number of hydrogen-bond acceptors (Lipinski definition) is 2. The third-order valence-electron chi connectivity index (χ3n) is 2.76. The van der Waals surface area contributed by atoms with Crippen LogP contribution in [-0.2, 0) is 6.54 Å². The third kappa shape index (κ3) is 4.80. The minimum atomic E-state index is 0.701. The lowest BCUT2D eigenvalue weighted by Crippen LogP contribution is -2.27. The highest BCUT2D eigenvalue weighted by Crippen LogP contribution is 2.15. The van der Waals surface area contributed by atoms with Gasteiger partial charge in [0.25, 0.3) is 0 Å². The lowest BCUT2D eigenvalue weighted by Gasteiger charge is -2.15. The molecule has 1 rings (SSSR count). The Labute approximate surface area is 97.9 Å². The topological polar surface area (TPSA) is 12.0 Å². The second-order valence-electron chi connectivity index (χ2n) is 4.14. The molecule has 0 aliphatic heterocycles. The Kier molecular flexibility index (Phi) is 5.96. The number of rotatable bonds is 7. The fraction of sp³-hybridized carbons (Fsp3) is 0.692. The van der Waals surface area contributed by atoms with Crippen LogP contribution in [0.1, 0.15) is 49.3 Å². The van der Waals surface area contributed by atoms with Gasteiger partial charge in [0.1, 0.15) is 0 Å². The zero-order valence-electron chi connectivity index (χ0n) is 10.2. The lowest BCUT2D eigenvalue weighted by molar-refractivity contribution is 0.454. The van der Waals surface area contributed by atoms with E-state index in [-0.39, 0.29) is 0 Å². The molecule has 1 nitrogen and oxygen atoms in total. The first-order valence-corrected chi connectivity index (χ1v) is 6.86. The average molecular weight is 225 g/mol. The average Bonchev–Trinajstić information content (AvgIpc) is 2.65. The first-order valence-electron chi connectivity index (χ1n) is 6.05. The summed E-state index contributed by atoms with van der Waals surface area (Å²) in [5, 5.41) is 3.64. The van der Waals surface area contributed by atoms with Gasteiger partial charge in [-0.1, -0.05) is 26.7 Å². The van der Waals surface area contributed by atoms with Crippen molar-refractivity contribution in [1.29, 1.82) is 0 Å². The molecule has 1 unspecified atom stereocenters. The van der Waals surface area contributed by atoms with Crippen molar-refractivity contribution in [3.63, 3.8) is 0 Å². The molecule has 1 aromatic heterocycles. The van der Waals surface area contributed by atoms with Crippen LogP contribution in [-0.4, -0.2) is 6.04 Å². The summed E-state index contributed by atoms with van der Waals surface area (Å²) < 4.78 is 0. The number of unbranched alkanes of at least 4 members (excludes halogenated alkanes) is 1. The maximum atomic E-state index is 3.64. The molecule has 15 heavy (non-hydrogen) atoms. The molecule has 1 atom stereocenters. The van der Waals surface area contributed by atoms with E-state index in [4.69, 9.17) is 0 Å². The summed E-state index contributed by atoms with van der Waals surface area (Å²) in [6.45, 7) is 7.74. The van der Waals surface area contributed by atoms with Gasteiger partial charge in [-0.2, -0.15) is 0 Å². The van der Waals surface area contributed by atoms with E-state index in [1.54, 1.807) is 0 Å². The van der Waals surface area contributed by atoms with E-state index in [0.29, 0.717) is 6.04 Å². The second-order valence-corrected chi connectivity index (χ2v) is 5.51. The van der Waals surface area contributed by atoms with Gasteiger partial charge in [0.2, 0.25) is 0 Å². The monoisotopic (exact) mass is 225 g/mol. The van der Waals surface area contributed by atoms with Gasteiger partial charge in [0, 0.05) is 22.3 Å². The van der Waals surface area contributed by atoms with Crippen LogP contribution in [0, 0.1) is 6.92 Å². The maximum absolute atomic E-state index is 3.64. The summed E-state index contributed by atoms with van der Waals surface area (Å²) in [6.07, 6.45) is 5.20. The third-order valence-corrected chi connectivity index (χ3v) is 3.76.